The van der Waals surface area contributed by atoms with E-state index in [1.807, 2.05) is 11.6 Å². The Hall–Kier alpha value is -0.970. The van der Waals surface area contributed by atoms with E-state index in [0.29, 0.717) is 5.92 Å². The minimum absolute atomic E-state index is 0.634. The molecule has 4 nitrogen and oxygen atoms in total. The molecule has 0 radical (unpaired) electrons. The van der Waals surface area contributed by atoms with Crippen LogP contribution >= 0.6 is 15.9 Å². The Morgan fingerprint density at radius 2 is 2.21 bits per heavy atom. The normalized spacial score (nSPS) is 16.4. The number of aryl methyl sites for hydroxylation is 1. The first kappa shape index (κ1) is 8.35. The fourth-order valence-electron chi connectivity index (χ4n) is 1.66. The lowest BCUT2D eigenvalue weighted by atomic mass is 10.4. The number of hydrogen-bond acceptors (Lipinski definition) is 3. The third-order valence-electron chi connectivity index (χ3n) is 2.53. The minimum Gasteiger partial charge on any atom is -0.314 e. The van der Waals surface area contributed by atoms with Gasteiger partial charge < -0.3 is 4.57 Å². The van der Waals surface area contributed by atoms with Gasteiger partial charge in [-0.1, -0.05) is 0 Å². The molecule has 14 heavy (non-hydrogen) atoms. The Bertz CT molecular complexity index is 501. The first-order chi connectivity index (χ1) is 6.75. The maximum atomic E-state index is 4.49. The van der Waals surface area contributed by atoms with E-state index in [1.165, 1.54) is 12.8 Å². The Morgan fingerprint density at radius 1 is 1.43 bits per heavy atom. The molecule has 1 fully saturated rings. The van der Waals surface area contributed by atoms with Crippen molar-refractivity contribution in [3.8, 4) is 0 Å². The highest BCUT2D eigenvalue weighted by Crippen LogP contribution is 2.39. The highest BCUT2D eigenvalue weighted by atomic mass is 79.9. The van der Waals surface area contributed by atoms with Crippen LogP contribution in [-0.4, -0.2) is 19.5 Å². The molecule has 0 amide bonds. The lowest BCUT2D eigenvalue weighted by molar-refractivity contribution is 0.812. The van der Waals surface area contributed by atoms with E-state index in [1.54, 1.807) is 6.20 Å². The smallest absolute Gasteiger partial charge is 0.198 e. The number of halogens is 1. The summed E-state index contributed by atoms with van der Waals surface area (Å²) < 4.78 is 2.79. The van der Waals surface area contributed by atoms with Crippen molar-refractivity contribution in [3.63, 3.8) is 0 Å². The quantitative estimate of drug-likeness (QED) is 0.780. The molecule has 0 aromatic carbocycles. The molecule has 2 heterocycles. The van der Waals surface area contributed by atoms with Crippen molar-refractivity contribution in [1.82, 2.24) is 19.5 Å². The lowest BCUT2D eigenvalue weighted by Crippen LogP contribution is -1.96. The van der Waals surface area contributed by atoms with Gasteiger partial charge in [0.2, 0.25) is 0 Å². The molecule has 0 bridgehead atoms. The Labute approximate surface area is 89.5 Å². The molecule has 0 unspecified atom stereocenters. The summed E-state index contributed by atoms with van der Waals surface area (Å²) >= 11 is 3.30. The van der Waals surface area contributed by atoms with E-state index in [4.69, 9.17) is 0 Å². The molecule has 0 atom stereocenters. The Morgan fingerprint density at radius 3 is 2.93 bits per heavy atom. The van der Waals surface area contributed by atoms with Gasteiger partial charge >= 0.3 is 0 Å². The van der Waals surface area contributed by atoms with E-state index in [9.17, 15) is 0 Å². The van der Waals surface area contributed by atoms with Crippen LogP contribution < -0.4 is 0 Å². The average molecular weight is 253 g/mol. The zero-order valence-corrected chi connectivity index (χ0v) is 9.32. The summed E-state index contributed by atoms with van der Waals surface area (Å²) in [5.41, 5.74) is 1.61. The first-order valence-corrected chi connectivity index (χ1v) is 5.40. The number of nitrogens with zero attached hydrogens (tertiary/aromatic N) is 4. The molecule has 3 rings (SSSR count). The van der Waals surface area contributed by atoms with E-state index in [0.717, 1.165) is 21.7 Å². The number of imidazole rings is 1. The van der Waals surface area contributed by atoms with Crippen LogP contribution in [0.4, 0.5) is 0 Å². The third kappa shape index (κ3) is 1.15. The first-order valence-electron chi connectivity index (χ1n) is 4.60. The summed E-state index contributed by atoms with van der Waals surface area (Å²) in [5.74, 6) is 1.76. The van der Waals surface area contributed by atoms with Crippen molar-refractivity contribution in [2.75, 3.05) is 0 Å². The van der Waals surface area contributed by atoms with Gasteiger partial charge in [0, 0.05) is 13.0 Å². The molecule has 0 aliphatic heterocycles. The van der Waals surface area contributed by atoms with Crippen molar-refractivity contribution in [1.29, 1.82) is 0 Å². The van der Waals surface area contributed by atoms with Crippen molar-refractivity contribution >= 4 is 27.2 Å². The van der Waals surface area contributed by atoms with Crippen molar-refractivity contribution in [2.24, 2.45) is 7.05 Å². The molecular formula is C9H9BrN4. The maximum absolute atomic E-state index is 4.49. The standard InChI is InChI=1S/C9H9BrN4/c1-14-8(5-2-3-5)13-7-9(14)11-4-6(10)12-7/h4-5H,2-3H2,1H3. The zero-order chi connectivity index (χ0) is 9.71. The van der Waals surface area contributed by atoms with Crippen LogP contribution in [0.2, 0.25) is 0 Å². The van der Waals surface area contributed by atoms with Gasteiger partial charge in [-0.05, 0) is 28.8 Å². The fourth-order valence-corrected chi connectivity index (χ4v) is 1.93. The predicted octanol–water partition coefficient (Wildman–Crippen LogP) is 2.00. The molecule has 2 aromatic rings. The Kier molecular flexibility index (Phi) is 1.65. The third-order valence-corrected chi connectivity index (χ3v) is 2.91. The van der Waals surface area contributed by atoms with Gasteiger partial charge in [0.15, 0.2) is 11.3 Å². The van der Waals surface area contributed by atoms with Gasteiger partial charge in [0.05, 0.1) is 6.20 Å². The van der Waals surface area contributed by atoms with Crippen molar-refractivity contribution in [2.45, 2.75) is 18.8 Å². The summed E-state index contributed by atoms with van der Waals surface area (Å²) in [6.45, 7) is 0. The van der Waals surface area contributed by atoms with E-state index < -0.39 is 0 Å². The highest BCUT2D eigenvalue weighted by molar-refractivity contribution is 9.10. The molecule has 1 aliphatic rings. The molecule has 0 spiro atoms. The number of fused-ring (bicyclic) bond motifs is 1. The molecule has 2 aromatic heterocycles. The van der Waals surface area contributed by atoms with Gasteiger partial charge in [0.1, 0.15) is 10.4 Å². The van der Waals surface area contributed by atoms with E-state index in [2.05, 4.69) is 30.9 Å². The van der Waals surface area contributed by atoms with Crippen LogP contribution in [0, 0.1) is 0 Å². The summed E-state index contributed by atoms with van der Waals surface area (Å²) in [7, 11) is 2.01. The Balaban J connectivity index is 2.28. The van der Waals surface area contributed by atoms with Crippen LogP contribution in [-0.2, 0) is 7.05 Å². The average Bonchev–Trinajstić information content (AvgIpc) is 2.93. The van der Waals surface area contributed by atoms with Crippen LogP contribution in [0.15, 0.2) is 10.8 Å². The van der Waals surface area contributed by atoms with Crippen LogP contribution in [0.5, 0.6) is 0 Å². The highest BCUT2D eigenvalue weighted by Gasteiger charge is 2.29. The number of aromatic nitrogens is 4. The van der Waals surface area contributed by atoms with Crippen LogP contribution in [0.1, 0.15) is 24.6 Å². The molecule has 72 valence electrons. The summed E-state index contributed by atoms with van der Waals surface area (Å²) in [6.07, 6.45) is 4.21. The lowest BCUT2D eigenvalue weighted by Gasteiger charge is -1.97. The van der Waals surface area contributed by atoms with Gasteiger partial charge in [-0.3, -0.25) is 0 Å². The predicted molar refractivity (Wildman–Crippen MR) is 56.0 cm³/mol. The minimum atomic E-state index is 0.634. The van der Waals surface area contributed by atoms with Crippen molar-refractivity contribution < 1.29 is 0 Å². The van der Waals surface area contributed by atoms with Crippen LogP contribution in [0.25, 0.3) is 11.3 Å². The second-order valence-corrected chi connectivity index (χ2v) is 4.46. The monoisotopic (exact) mass is 252 g/mol. The van der Waals surface area contributed by atoms with E-state index >= 15 is 0 Å². The summed E-state index contributed by atoms with van der Waals surface area (Å²) in [5, 5.41) is 0. The maximum Gasteiger partial charge on any atom is 0.198 e. The second-order valence-electron chi connectivity index (χ2n) is 3.64. The molecule has 1 saturated carbocycles. The molecule has 1 aliphatic carbocycles. The largest absolute Gasteiger partial charge is 0.314 e. The molecule has 0 saturated heterocycles. The SMILES string of the molecule is Cn1c(C2CC2)nc2nc(Br)cnc21. The molecule has 0 N–H and O–H groups in total. The van der Waals surface area contributed by atoms with Gasteiger partial charge in [-0.2, -0.15) is 0 Å². The topological polar surface area (TPSA) is 43.6 Å². The zero-order valence-electron chi connectivity index (χ0n) is 7.74. The second kappa shape index (κ2) is 2.76. The van der Waals surface area contributed by atoms with E-state index in [-0.39, 0.29) is 0 Å². The molecular weight excluding hydrogens is 244 g/mol. The summed E-state index contributed by atoms with van der Waals surface area (Å²) in [6, 6.07) is 0. The van der Waals surface area contributed by atoms with Crippen molar-refractivity contribution in [3.05, 3.63) is 16.6 Å². The number of rotatable bonds is 1. The number of hydrogen-bond donors (Lipinski definition) is 0. The van der Waals surface area contributed by atoms with Gasteiger partial charge in [-0.25, -0.2) is 15.0 Å². The van der Waals surface area contributed by atoms with Crippen LogP contribution in [0.3, 0.4) is 0 Å². The molecule has 5 heteroatoms. The summed E-state index contributed by atoms with van der Waals surface area (Å²) in [4.78, 5) is 13.1. The van der Waals surface area contributed by atoms with Gasteiger partial charge in [-0.15, -0.1) is 0 Å². The fraction of sp³-hybridized carbons (Fsp3) is 0.444. The van der Waals surface area contributed by atoms with Gasteiger partial charge in [0.25, 0.3) is 0 Å².